The molecule has 1 atom stereocenters. The summed E-state index contributed by atoms with van der Waals surface area (Å²) < 4.78 is 1.57. The first-order valence-corrected chi connectivity index (χ1v) is 5.76. The van der Waals surface area contributed by atoms with Gasteiger partial charge in [-0.2, -0.15) is 5.10 Å². The summed E-state index contributed by atoms with van der Waals surface area (Å²) in [5.74, 6) is -0.674. The monoisotopic (exact) mass is 271 g/mol. The Balaban J connectivity index is 2.10. The van der Waals surface area contributed by atoms with Crippen molar-refractivity contribution in [2.75, 3.05) is 13.1 Å². The molecule has 0 radical (unpaired) electrons. The number of aliphatic hydroxyl groups is 1. The predicted octanol–water partition coefficient (Wildman–Crippen LogP) is -1.51. The Hall–Kier alpha value is -2.16. The zero-order valence-electron chi connectivity index (χ0n) is 10.5. The summed E-state index contributed by atoms with van der Waals surface area (Å²) in [7, 11) is 1.75. The molecule has 9 heteroatoms. The first-order chi connectivity index (χ1) is 8.99. The summed E-state index contributed by atoms with van der Waals surface area (Å²) in [6, 6.07) is -0.423. The number of carbonyl (C=O) groups excluding carboxylic acids is 1. The van der Waals surface area contributed by atoms with Gasteiger partial charge in [0.05, 0.1) is 0 Å². The van der Waals surface area contributed by atoms with Crippen LogP contribution in [0.4, 0.5) is 4.79 Å². The highest BCUT2D eigenvalue weighted by atomic mass is 16.4. The van der Waals surface area contributed by atoms with Crippen LogP contribution in [0.3, 0.4) is 0 Å². The summed E-state index contributed by atoms with van der Waals surface area (Å²) in [5, 5.41) is 26.5. The van der Waals surface area contributed by atoms with Crippen LogP contribution in [0, 0.1) is 0 Å². The number of nitrogens with zero attached hydrogens (tertiary/aromatic N) is 3. The summed E-state index contributed by atoms with van der Waals surface area (Å²) >= 11 is 0. The van der Waals surface area contributed by atoms with E-state index in [4.69, 9.17) is 10.2 Å². The van der Waals surface area contributed by atoms with Gasteiger partial charge in [-0.15, -0.1) is 0 Å². The zero-order valence-corrected chi connectivity index (χ0v) is 10.5. The SMILES string of the molecule is Cn1cnc(CCNC(=O)NCCC(O)C(=O)O)n1. The normalized spacial score (nSPS) is 11.9. The Bertz CT molecular complexity index is 433. The molecule has 0 aliphatic carbocycles. The number of aromatic nitrogens is 3. The van der Waals surface area contributed by atoms with Crippen LogP contribution in [0.25, 0.3) is 0 Å². The molecule has 1 rings (SSSR count). The van der Waals surface area contributed by atoms with E-state index in [9.17, 15) is 9.59 Å². The van der Waals surface area contributed by atoms with Crippen LogP contribution in [0.15, 0.2) is 6.33 Å². The zero-order chi connectivity index (χ0) is 14.3. The van der Waals surface area contributed by atoms with Gasteiger partial charge >= 0.3 is 12.0 Å². The molecule has 0 spiro atoms. The van der Waals surface area contributed by atoms with Crippen LogP contribution in [0.5, 0.6) is 0 Å². The molecule has 1 aromatic rings. The Morgan fingerprint density at radius 1 is 1.42 bits per heavy atom. The lowest BCUT2D eigenvalue weighted by Crippen LogP contribution is -2.38. The Labute approximate surface area is 109 Å². The number of amides is 2. The molecule has 0 saturated heterocycles. The van der Waals surface area contributed by atoms with E-state index in [-0.39, 0.29) is 13.0 Å². The fraction of sp³-hybridized carbons (Fsp3) is 0.600. The quantitative estimate of drug-likeness (QED) is 0.477. The number of nitrogens with one attached hydrogen (secondary N) is 2. The minimum Gasteiger partial charge on any atom is -0.479 e. The molecule has 0 aromatic carbocycles. The van der Waals surface area contributed by atoms with E-state index in [0.717, 1.165) is 0 Å². The fourth-order valence-electron chi connectivity index (χ4n) is 1.29. The van der Waals surface area contributed by atoms with Gasteiger partial charge in [0.2, 0.25) is 0 Å². The average molecular weight is 271 g/mol. The van der Waals surface area contributed by atoms with Crippen molar-refractivity contribution in [3.8, 4) is 0 Å². The summed E-state index contributed by atoms with van der Waals surface area (Å²) in [5.41, 5.74) is 0. The summed E-state index contributed by atoms with van der Waals surface area (Å²) in [4.78, 5) is 25.6. The third-order valence-corrected chi connectivity index (χ3v) is 2.27. The number of urea groups is 1. The van der Waals surface area contributed by atoms with Crippen molar-refractivity contribution in [3.63, 3.8) is 0 Å². The van der Waals surface area contributed by atoms with E-state index >= 15 is 0 Å². The number of carboxylic acid groups (broad SMARTS) is 1. The lowest BCUT2D eigenvalue weighted by molar-refractivity contribution is -0.146. The summed E-state index contributed by atoms with van der Waals surface area (Å²) in [6.07, 6.45) is 0.581. The minimum atomic E-state index is -1.46. The van der Waals surface area contributed by atoms with Crippen molar-refractivity contribution in [3.05, 3.63) is 12.2 Å². The van der Waals surface area contributed by atoms with Crippen molar-refractivity contribution < 1.29 is 19.8 Å². The molecule has 1 heterocycles. The van der Waals surface area contributed by atoms with Crippen molar-refractivity contribution in [2.24, 2.45) is 7.05 Å². The summed E-state index contributed by atoms with van der Waals surface area (Å²) in [6.45, 7) is 0.457. The van der Waals surface area contributed by atoms with Gasteiger partial charge in [0.1, 0.15) is 6.33 Å². The largest absolute Gasteiger partial charge is 0.479 e. The van der Waals surface area contributed by atoms with Crippen molar-refractivity contribution in [1.29, 1.82) is 0 Å². The third kappa shape index (κ3) is 5.82. The number of aryl methyl sites for hydroxylation is 1. The Morgan fingerprint density at radius 2 is 2.11 bits per heavy atom. The Kier molecular flexibility index (Phi) is 5.73. The van der Waals surface area contributed by atoms with Crippen LogP contribution in [-0.2, 0) is 18.3 Å². The van der Waals surface area contributed by atoms with Crippen molar-refractivity contribution in [1.82, 2.24) is 25.4 Å². The van der Waals surface area contributed by atoms with Crippen LogP contribution in [0.2, 0.25) is 0 Å². The van der Waals surface area contributed by atoms with Crippen molar-refractivity contribution >= 4 is 12.0 Å². The molecule has 0 bridgehead atoms. The van der Waals surface area contributed by atoms with Crippen LogP contribution in [-0.4, -0.2) is 56.2 Å². The van der Waals surface area contributed by atoms with E-state index < -0.39 is 18.1 Å². The second-order valence-electron chi connectivity index (χ2n) is 3.91. The lowest BCUT2D eigenvalue weighted by Gasteiger charge is -2.08. The number of rotatable bonds is 7. The highest BCUT2D eigenvalue weighted by Gasteiger charge is 2.12. The number of hydrogen-bond donors (Lipinski definition) is 4. The molecule has 4 N–H and O–H groups in total. The molecule has 1 unspecified atom stereocenters. The van der Waals surface area contributed by atoms with Gasteiger partial charge in [0, 0.05) is 33.0 Å². The maximum absolute atomic E-state index is 11.3. The van der Waals surface area contributed by atoms with Crippen molar-refractivity contribution in [2.45, 2.75) is 18.9 Å². The van der Waals surface area contributed by atoms with E-state index in [1.165, 1.54) is 0 Å². The van der Waals surface area contributed by atoms with E-state index in [0.29, 0.717) is 18.8 Å². The van der Waals surface area contributed by atoms with Gasteiger partial charge in [-0.3, -0.25) is 4.68 Å². The number of aliphatic hydroxyl groups excluding tert-OH is 1. The average Bonchev–Trinajstić information content (AvgIpc) is 2.74. The molecule has 0 aliphatic heterocycles. The molecule has 9 nitrogen and oxygen atoms in total. The smallest absolute Gasteiger partial charge is 0.332 e. The number of carbonyl (C=O) groups is 2. The first-order valence-electron chi connectivity index (χ1n) is 5.76. The maximum atomic E-state index is 11.3. The molecule has 0 saturated carbocycles. The van der Waals surface area contributed by atoms with E-state index in [1.807, 2.05) is 0 Å². The highest BCUT2D eigenvalue weighted by molar-refractivity contribution is 5.74. The standard InChI is InChI=1S/C10H17N5O4/c1-15-6-13-8(14-15)3-5-12-10(19)11-4-2-7(16)9(17)18/h6-7,16H,2-5H2,1H3,(H,17,18)(H2,11,12,19). The molecule has 2 amide bonds. The molecule has 0 aliphatic rings. The fourth-order valence-corrected chi connectivity index (χ4v) is 1.29. The minimum absolute atomic E-state index is 0.0372. The van der Waals surface area contributed by atoms with Gasteiger partial charge in [0.25, 0.3) is 0 Å². The first kappa shape index (κ1) is 14.9. The molecule has 19 heavy (non-hydrogen) atoms. The van der Waals surface area contributed by atoms with E-state index in [1.54, 1.807) is 18.1 Å². The van der Waals surface area contributed by atoms with Crippen LogP contribution in [0.1, 0.15) is 12.2 Å². The molecular formula is C10H17N5O4. The lowest BCUT2D eigenvalue weighted by atomic mass is 10.2. The van der Waals surface area contributed by atoms with E-state index in [2.05, 4.69) is 20.7 Å². The number of hydrogen-bond acceptors (Lipinski definition) is 5. The third-order valence-electron chi connectivity index (χ3n) is 2.27. The number of aliphatic carboxylic acids is 1. The molecule has 1 aromatic heterocycles. The highest BCUT2D eigenvalue weighted by Crippen LogP contribution is 1.90. The van der Waals surface area contributed by atoms with Gasteiger partial charge in [0.15, 0.2) is 11.9 Å². The maximum Gasteiger partial charge on any atom is 0.332 e. The molecule has 106 valence electrons. The van der Waals surface area contributed by atoms with Gasteiger partial charge in [-0.05, 0) is 0 Å². The van der Waals surface area contributed by atoms with Crippen LogP contribution >= 0.6 is 0 Å². The predicted molar refractivity (Wildman–Crippen MR) is 64.4 cm³/mol. The number of carboxylic acids is 1. The molecule has 0 fully saturated rings. The molecular weight excluding hydrogens is 254 g/mol. The second kappa shape index (κ2) is 7.31. The van der Waals surface area contributed by atoms with Gasteiger partial charge in [-0.1, -0.05) is 0 Å². The van der Waals surface area contributed by atoms with Crippen LogP contribution < -0.4 is 10.6 Å². The second-order valence-corrected chi connectivity index (χ2v) is 3.91. The Morgan fingerprint density at radius 3 is 2.68 bits per heavy atom. The van der Waals surface area contributed by atoms with Gasteiger partial charge < -0.3 is 20.8 Å². The topological polar surface area (TPSA) is 129 Å². The van der Waals surface area contributed by atoms with Gasteiger partial charge in [-0.25, -0.2) is 14.6 Å².